The second kappa shape index (κ2) is 4.88. The SMILES string of the molecule is CC1(C)CC(=O)C=C(Nc2ccc(C(=O)[O-])cc2)C1. The molecule has 1 aliphatic rings. The minimum absolute atomic E-state index is 0.0426. The Morgan fingerprint density at radius 3 is 2.37 bits per heavy atom. The Morgan fingerprint density at radius 1 is 1.21 bits per heavy atom. The summed E-state index contributed by atoms with van der Waals surface area (Å²) in [5.41, 5.74) is 1.72. The molecular weight excluding hydrogens is 242 g/mol. The van der Waals surface area contributed by atoms with Gasteiger partial charge in [-0.1, -0.05) is 26.0 Å². The van der Waals surface area contributed by atoms with E-state index in [1.807, 2.05) is 0 Å². The molecule has 0 aliphatic heterocycles. The van der Waals surface area contributed by atoms with Gasteiger partial charge in [-0.2, -0.15) is 0 Å². The highest BCUT2D eigenvalue weighted by Crippen LogP contribution is 2.33. The van der Waals surface area contributed by atoms with Crippen molar-refractivity contribution in [3.05, 3.63) is 41.6 Å². The van der Waals surface area contributed by atoms with Crippen LogP contribution in [0.2, 0.25) is 0 Å². The van der Waals surface area contributed by atoms with E-state index in [1.54, 1.807) is 18.2 Å². The first-order valence-corrected chi connectivity index (χ1v) is 6.18. The monoisotopic (exact) mass is 258 g/mol. The van der Waals surface area contributed by atoms with E-state index >= 15 is 0 Å². The molecule has 1 aliphatic carbocycles. The Hall–Kier alpha value is -2.10. The third-order valence-corrected chi connectivity index (χ3v) is 3.08. The molecule has 0 saturated heterocycles. The summed E-state index contributed by atoms with van der Waals surface area (Å²) in [5.74, 6) is -1.08. The molecule has 0 saturated carbocycles. The van der Waals surface area contributed by atoms with E-state index in [9.17, 15) is 14.7 Å². The molecule has 4 heteroatoms. The van der Waals surface area contributed by atoms with Gasteiger partial charge in [-0.15, -0.1) is 0 Å². The number of carbonyl (C=O) groups excluding carboxylic acids is 2. The van der Waals surface area contributed by atoms with E-state index in [-0.39, 0.29) is 16.8 Å². The zero-order valence-electron chi connectivity index (χ0n) is 11.0. The molecule has 1 aromatic carbocycles. The lowest BCUT2D eigenvalue weighted by molar-refractivity contribution is -0.255. The maximum atomic E-state index is 11.6. The lowest BCUT2D eigenvalue weighted by Gasteiger charge is -2.29. The minimum Gasteiger partial charge on any atom is -0.545 e. The fourth-order valence-electron chi connectivity index (χ4n) is 2.30. The number of anilines is 1. The molecule has 4 nitrogen and oxygen atoms in total. The Labute approximate surface area is 112 Å². The normalized spacial score (nSPS) is 17.8. The Balaban J connectivity index is 2.13. The van der Waals surface area contributed by atoms with E-state index in [4.69, 9.17) is 0 Å². The number of hydrogen-bond acceptors (Lipinski definition) is 4. The zero-order chi connectivity index (χ0) is 14.0. The van der Waals surface area contributed by atoms with E-state index in [1.165, 1.54) is 12.1 Å². The van der Waals surface area contributed by atoms with Crippen LogP contribution in [0.1, 0.15) is 37.0 Å². The third kappa shape index (κ3) is 3.44. The molecule has 0 unspecified atom stereocenters. The average molecular weight is 258 g/mol. The van der Waals surface area contributed by atoms with Gasteiger partial charge in [0, 0.05) is 23.9 Å². The fraction of sp³-hybridized carbons (Fsp3) is 0.333. The molecule has 0 amide bonds. The van der Waals surface area contributed by atoms with Crippen LogP contribution >= 0.6 is 0 Å². The van der Waals surface area contributed by atoms with E-state index in [0.717, 1.165) is 17.8 Å². The van der Waals surface area contributed by atoms with Gasteiger partial charge >= 0.3 is 0 Å². The number of benzene rings is 1. The van der Waals surface area contributed by atoms with Gasteiger partial charge < -0.3 is 15.2 Å². The average Bonchev–Trinajstić information content (AvgIpc) is 2.26. The van der Waals surface area contributed by atoms with Crippen LogP contribution < -0.4 is 10.4 Å². The van der Waals surface area contributed by atoms with Gasteiger partial charge in [0.1, 0.15) is 0 Å². The zero-order valence-corrected chi connectivity index (χ0v) is 11.0. The molecule has 0 atom stereocenters. The second-order valence-electron chi connectivity index (χ2n) is 5.64. The van der Waals surface area contributed by atoms with Crippen LogP contribution in [0.4, 0.5) is 5.69 Å². The molecule has 1 N–H and O–H groups in total. The van der Waals surface area contributed by atoms with Crippen molar-refractivity contribution in [2.75, 3.05) is 5.32 Å². The van der Waals surface area contributed by atoms with E-state index in [0.29, 0.717) is 6.42 Å². The number of nitrogens with one attached hydrogen (secondary N) is 1. The van der Waals surface area contributed by atoms with Crippen LogP contribution in [0, 0.1) is 5.41 Å². The molecule has 100 valence electrons. The van der Waals surface area contributed by atoms with Gasteiger partial charge in [0.2, 0.25) is 0 Å². The maximum Gasteiger partial charge on any atom is 0.157 e. The highest BCUT2D eigenvalue weighted by atomic mass is 16.4. The number of hydrogen-bond donors (Lipinski definition) is 1. The van der Waals surface area contributed by atoms with Crippen molar-refractivity contribution < 1.29 is 14.7 Å². The van der Waals surface area contributed by atoms with Crippen LogP contribution in [0.15, 0.2) is 36.0 Å². The Bertz CT molecular complexity index is 541. The molecule has 0 bridgehead atoms. The molecule has 1 aromatic rings. The fourth-order valence-corrected chi connectivity index (χ4v) is 2.30. The molecule has 0 radical (unpaired) electrons. The summed E-state index contributed by atoms with van der Waals surface area (Å²) >= 11 is 0. The predicted octanol–water partition coefficient (Wildman–Crippen LogP) is 1.73. The van der Waals surface area contributed by atoms with Crippen molar-refractivity contribution in [1.29, 1.82) is 0 Å². The molecule has 19 heavy (non-hydrogen) atoms. The maximum absolute atomic E-state index is 11.6. The molecule has 0 aromatic heterocycles. The summed E-state index contributed by atoms with van der Waals surface area (Å²) in [6.45, 7) is 4.11. The van der Waals surface area contributed by atoms with Crippen molar-refractivity contribution in [3.8, 4) is 0 Å². The van der Waals surface area contributed by atoms with Crippen molar-refractivity contribution in [1.82, 2.24) is 0 Å². The van der Waals surface area contributed by atoms with Crippen LogP contribution in [-0.2, 0) is 4.79 Å². The number of carboxylic acid groups (broad SMARTS) is 1. The lowest BCUT2D eigenvalue weighted by atomic mass is 9.79. The summed E-state index contributed by atoms with van der Waals surface area (Å²) in [7, 11) is 0. The number of carbonyl (C=O) groups is 2. The van der Waals surface area contributed by atoms with Crippen molar-refractivity contribution in [2.45, 2.75) is 26.7 Å². The molecule has 2 rings (SSSR count). The van der Waals surface area contributed by atoms with Crippen molar-refractivity contribution in [2.24, 2.45) is 5.41 Å². The summed E-state index contributed by atoms with van der Waals surface area (Å²) in [6, 6.07) is 6.29. The minimum atomic E-state index is -1.19. The highest BCUT2D eigenvalue weighted by Gasteiger charge is 2.27. The van der Waals surface area contributed by atoms with Gasteiger partial charge in [-0.05, 0) is 29.5 Å². The summed E-state index contributed by atoms with van der Waals surface area (Å²) in [5, 5.41) is 13.8. The number of rotatable bonds is 3. The standard InChI is InChI=1S/C15H17NO3/c1-15(2)8-12(7-13(17)9-15)16-11-5-3-10(4-6-11)14(18)19/h3-7,16H,8-9H2,1-2H3,(H,18,19)/p-1. The smallest absolute Gasteiger partial charge is 0.157 e. The van der Waals surface area contributed by atoms with Gasteiger partial charge in [0.05, 0.1) is 5.97 Å². The topological polar surface area (TPSA) is 69.2 Å². The van der Waals surface area contributed by atoms with E-state index < -0.39 is 5.97 Å². The molecule has 0 fully saturated rings. The quantitative estimate of drug-likeness (QED) is 0.896. The first-order chi connectivity index (χ1) is 8.85. The molecular formula is C15H16NO3-. The van der Waals surface area contributed by atoms with Crippen LogP contribution in [0.25, 0.3) is 0 Å². The molecule has 0 heterocycles. The summed E-state index contributed by atoms with van der Waals surface area (Å²) in [4.78, 5) is 22.3. The van der Waals surface area contributed by atoms with Crippen LogP contribution in [0.5, 0.6) is 0 Å². The van der Waals surface area contributed by atoms with Crippen LogP contribution in [0.3, 0.4) is 0 Å². The van der Waals surface area contributed by atoms with Gasteiger partial charge in [0.25, 0.3) is 0 Å². The number of aromatic carboxylic acids is 1. The lowest BCUT2D eigenvalue weighted by Crippen LogP contribution is -2.24. The van der Waals surface area contributed by atoms with Gasteiger partial charge in [-0.25, -0.2) is 0 Å². The number of carboxylic acids is 1. The van der Waals surface area contributed by atoms with Gasteiger partial charge in [0.15, 0.2) is 5.78 Å². The number of ketones is 1. The van der Waals surface area contributed by atoms with Crippen molar-refractivity contribution in [3.63, 3.8) is 0 Å². The second-order valence-corrected chi connectivity index (χ2v) is 5.64. The third-order valence-electron chi connectivity index (χ3n) is 3.08. The largest absolute Gasteiger partial charge is 0.545 e. The summed E-state index contributed by atoms with van der Waals surface area (Å²) < 4.78 is 0. The highest BCUT2D eigenvalue weighted by molar-refractivity contribution is 5.92. The Kier molecular flexibility index (Phi) is 3.42. The first kappa shape index (κ1) is 13.3. The first-order valence-electron chi connectivity index (χ1n) is 6.18. The number of allylic oxidation sites excluding steroid dienone is 2. The van der Waals surface area contributed by atoms with Crippen LogP contribution in [-0.4, -0.2) is 11.8 Å². The predicted molar refractivity (Wildman–Crippen MR) is 70.5 cm³/mol. The van der Waals surface area contributed by atoms with Crippen molar-refractivity contribution >= 4 is 17.4 Å². The van der Waals surface area contributed by atoms with E-state index in [2.05, 4.69) is 19.2 Å². The van der Waals surface area contributed by atoms with Gasteiger partial charge in [-0.3, -0.25) is 4.79 Å². The molecule has 0 spiro atoms. The Morgan fingerprint density at radius 2 is 1.84 bits per heavy atom. The summed E-state index contributed by atoms with van der Waals surface area (Å²) in [6.07, 6.45) is 2.97.